The molecule has 0 aromatic carbocycles. The average molecular weight is 233 g/mol. The summed E-state index contributed by atoms with van der Waals surface area (Å²) in [5, 5.41) is 12.8. The van der Waals surface area contributed by atoms with Crippen molar-refractivity contribution in [1.29, 1.82) is 0 Å². The Labute approximate surface area is 91.0 Å². The fraction of sp³-hybridized carbons (Fsp3) is 1.00. The van der Waals surface area contributed by atoms with Gasteiger partial charge in [0.05, 0.1) is 17.6 Å². The lowest BCUT2D eigenvalue weighted by Crippen LogP contribution is -2.40. The van der Waals surface area contributed by atoms with Crippen LogP contribution in [-0.2, 0) is 9.84 Å². The highest BCUT2D eigenvalue weighted by Gasteiger charge is 2.43. The van der Waals surface area contributed by atoms with Gasteiger partial charge in [-0.3, -0.25) is 0 Å². The molecular weight excluding hydrogens is 214 g/mol. The number of hydrogen-bond acceptors (Lipinski definition) is 4. The Bertz CT molecular complexity index is 328. The van der Waals surface area contributed by atoms with Gasteiger partial charge in [0.1, 0.15) is 0 Å². The summed E-state index contributed by atoms with van der Waals surface area (Å²) in [5.41, 5.74) is 0. The van der Waals surface area contributed by atoms with Crippen LogP contribution in [-0.4, -0.2) is 43.2 Å². The zero-order chi connectivity index (χ0) is 11.1. The highest BCUT2D eigenvalue weighted by Crippen LogP contribution is 2.35. The predicted octanol–water partition coefficient (Wildman–Crippen LogP) is -0.0775. The van der Waals surface area contributed by atoms with Crippen LogP contribution < -0.4 is 5.32 Å². The molecule has 4 unspecified atom stereocenters. The Morgan fingerprint density at radius 3 is 2.60 bits per heavy atom. The number of aliphatic hydroxyl groups is 1. The highest BCUT2D eigenvalue weighted by molar-refractivity contribution is 7.91. The van der Waals surface area contributed by atoms with Crippen molar-refractivity contribution in [2.24, 2.45) is 5.92 Å². The van der Waals surface area contributed by atoms with Crippen LogP contribution in [0.4, 0.5) is 0 Å². The molecule has 0 radical (unpaired) electrons. The maximum absolute atomic E-state index is 11.3. The van der Waals surface area contributed by atoms with Crippen LogP contribution in [0, 0.1) is 5.92 Å². The van der Waals surface area contributed by atoms with Crippen molar-refractivity contribution >= 4 is 9.84 Å². The predicted molar refractivity (Wildman–Crippen MR) is 58.4 cm³/mol. The molecule has 1 aliphatic carbocycles. The van der Waals surface area contributed by atoms with Gasteiger partial charge in [0.2, 0.25) is 0 Å². The van der Waals surface area contributed by atoms with E-state index in [1.165, 1.54) is 12.8 Å². The molecule has 0 aromatic rings. The standard InChI is InChI=1S/C10H19NO3S/c1-2-3-7-4-8(7)11-9-5-15(13,14)6-10(9)12/h7-12H,2-6H2,1H3. The van der Waals surface area contributed by atoms with E-state index >= 15 is 0 Å². The number of sulfone groups is 1. The van der Waals surface area contributed by atoms with Gasteiger partial charge in [-0.25, -0.2) is 8.42 Å². The Kier molecular flexibility index (Phi) is 3.05. The zero-order valence-corrected chi connectivity index (χ0v) is 9.83. The monoisotopic (exact) mass is 233 g/mol. The van der Waals surface area contributed by atoms with Crippen LogP contribution in [0.5, 0.6) is 0 Å². The molecule has 2 aliphatic rings. The van der Waals surface area contributed by atoms with Crippen molar-refractivity contribution in [2.45, 2.75) is 44.4 Å². The van der Waals surface area contributed by atoms with Crippen molar-refractivity contribution in [1.82, 2.24) is 5.32 Å². The average Bonchev–Trinajstić information content (AvgIpc) is 2.75. The minimum atomic E-state index is -3.00. The second-order valence-electron chi connectivity index (χ2n) is 4.81. The number of nitrogens with one attached hydrogen (secondary N) is 1. The Morgan fingerprint density at radius 2 is 2.07 bits per heavy atom. The van der Waals surface area contributed by atoms with Crippen molar-refractivity contribution in [3.8, 4) is 0 Å². The molecule has 1 saturated heterocycles. The molecule has 0 aromatic heterocycles. The van der Waals surface area contributed by atoms with Crippen LogP contribution in [0.3, 0.4) is 0 Å². The molecule has 1 saturated carbocycles. The van der Waals surface area contributed by atoms with Gasteiger partial charge >= 0.3 is 0 Å². The number of rotatable bonds is 4. The number of hydrogen-bond donors (Lipinski definition) is 2. The lowest BCUT2D eigenvalue weighted by molar-refractivity contribution is 0.164. The molecule has 5 heteroatoms. The summed E-state index contributed by atoms with van der Waals surface area (Å²) in [6.07, 6.45) is 2.80. The first-order valence-electron chi connectivity index (χ1n) is 5.66. The zero-order valence-electron chi connectivity index (χ0n) is 9.02. The van der Waals surface area contributed by atoms with Crippen LogP contribution in [0.15, 0.2) is 0 Å². The third-order valence-electron chi connectivity index (χ3n) is 3.33. The van der Waals surface area contributed by atoms with Crippen molar-refractivity contribution < 1.29 is 13.5 Å². The quantitative estimate of drug-likeness (QED) is 0.713. The summed E-state index contributed by atoms with van der Waals surface area (Å²) in [6, 6.07) is 0.208. The van der Waals surface area contributed by atoms with E-state index in [0.29, 0.717) is 12.0 Å². The minimum Gasteiger partial charge on any atom is -0.390 e. The van der Waals surface area contributed by atoms with Crippen molar-refractivity contribution in [3.05, 3.63) is 0 Å². The van der Waals surface area contributed by atoms with E-state index in [1.54, 1.807) is 0 Å². The van der Waals surface area contributed by atoms with Crippen LogP contribution in [0.1, 0.15) is 26.2 Å². The lowest BCUT2D eigenvalue weighted by Gasteiger charge is -2.14. The molecule has 0 spiro atoms. The molecule has 1 heterocycles. The fourth-order valence-corrected chi connectivity index (χ4v) is 4.16. The third-order valence-corrected chi connectivity index (χ3v) is 5.05. The summed E-state index contributed by atoms with van der Waals surface area (Å²) >= 11 is 0. The summed E-state index contributed by atoms with van der Waals surface area (Å²) in [4.78, 5) is 0. The molecule has 2 N–H and O–H groups in total. The SMILES string of the molecule is CCCC1CC1NC1CS(=O)(=O)CC1O. The van der Waals surface area contributed by atoms with E-state index in [-0.39, 0.29) is 17.5 Å². The minimum absolute atomic E-state index is 0.0736. The molecule has 0 amide bonds. The van der Waals surface area contributed by atoms with Gasteiger partial charge in [-0.15, -0.1) is 0 Å². The third kappa shape index (κ3) is 2.71. The molecule has 2 rings (SSSR count). The Balaban J connectivity index is 1.82. The molecule has 2 fully saturated rings. The molecule has 15 heavy (non-hydrogen) atoms. The number of aliphatic hydroxyl groups excluding tert-OH is 1. The lowest BCUT2D eigenvalue weighted by atomic mass is 10.2. The molecular formula is C10H19NO3S. The van der Waals surface area contributed by atoms with E-state index in [1.807, 2.05) is 0 Å². The Hall–Kier alpha value is -0.130. The molecule has 88 valence electrons. The van der Waals surface area contributed by atoms with E-state index in [0.717, 1.165) is 6.42 Å². The largest absolute Gasteiger partial charge is 0.390 e. The first kappa shape index (κ1) is 11.4. The van der Waals surface area contributed by atoms with E-state index in [2.05, 4.69) is 12.2 Å². The van der Waals surface area contributed by atoms with Crippen LogP contribution >= 0.6 is 0 Å². The smallest absolute Gasteiger partial charge is 0.154 e. The van der Waals surface area contributed by atoms with Crippen molar-refractivity contribution in [2.75, 3.05) is 11.5 Å². The van der Waals surface area contributed by atoms with Crippen LogP contribution in [0.25, 0.3) is 0 Å². The van der Waals surface area contributed by atoms with Gasteiger partial charge in [0, 0.05) is 12.1 Å². The second kappa shape index (κ2) is 4.03. The van der Waals surface area contributed by atoms with E-state index < -0.39 is 15.9 Å². The molecule has 4 nitrogen and oxygen atoms in total. The maximum atomic E-state index is 11.3. The summed E-state index contributed by atoms with van der Waals surface area (Å²) in [7, 11) is -3.00. The molecule has 0 bridgehead atoms. The second-order valence-corrected chi connectivity index (χ2v) is 6.96. The topological polar surface area (TPSA) is 66.4 Å². The summed E-state index contributed by atoms with van der Waals surface area (Å²) < 4.78 is 22.5. The van der Waals surface area contributed by atoms with Gasteiger partial charge < -0.3 is 10.4 Å². The first-order valence-corrected chi connectivity index (χ1v) is 7.48. The van der Waals surface area contributed by atoms with Crippen molar-refractivity contribution in [3.63, 3.8) is 0 Å². The van der Waals surface area contributed by atoms with Gasteiger partial charge in [-0.05, 0) is 18.8 Å². The van der Waals surface area contributed by atoms with Gasteiger partial charge in [-0.1, -0.05) is 13.3 Å². The Morgan fingerprint density at radius 1 is 1.33 bits per heavy atom. The maximum Gasteiger partial charge on any atom is 0.154 e. The molecule has 4 atom stereocenters. The van der Waals surface area contributed by atoms with E-state index in [4.69, 9.17) is 0 Å². The summed E-state index contributed by atoms with van der Waals surface area (Å²) in [5.74, 6) is 0.727. The van der Waals surface area contributed by atoms with Crippen LogP contribution in [0.2, 0.25) is 0 Å². The van der Waals surface area contributed by atoms with Gasteiger partial charge in [-0.2, -0.15) is 0 Å². The van der Waals surface area contributed by atoms with Gasteiger partial charge in [0.15, 0.2) is 9.84 Å². The van der Waals surface area contributed by atoms with Gasteiger partial charge in [0.25, 0.3) is 0 Å². The highest BCUT2D eigenvalue weighted by atomic mass is 32.2. The molecule has 1 aliphatic heterocycles. The normalized spacial score (nSPS) is 43.1. The van der Waals surface area contributed by atoms with E-state index in [9.17, 15) is 13.5 Å². The summed E-state index contributed by atoms with van der Waals surface area (Å²) in [6.45, 7) is 2.16. The fourth-order valence-electron chi connectivity index (χ4n) is 2.40. The first-order chi connectivity index (χ1) is 7.02.